The van der Waals surface area contributed by atoms with Gasteiger partial charge in [0, 0.05) is 13.6 Å². The van der Waals surface area contributed by atoms with Crippen LogP contribution in [0.15, 0.2) is 30.5 Å². The Hall–Kier alpha value is -1.55. The number of aromatic nitrogens is 2. The quantitative estimate of drug-likeness (QED) is 0.914. The van der Waals surface area contributed by atoms with Gasteiger partial charge in [-0.15, -0.1) is 12.4 Å². The van der Waals surface area contributed by atoms with Crippen molar-refractivity contribution in [2.45, 2.75) is 13.5 Å². The van der Waals surface area contributed by atoms with Crippen molar-refractivity contribution in [2.75, 3.05) is 5.32 Å². The molecule has 1 N–H and O–H groups in total. The summed E-state index contributed by atoms with van der Waals surface area (Å²) in [5, 5.41) is 7.40. The van der Waals surface area contributed by atoms with Crippen LogP contribution in [-0.4, -0.2) is 9.78 Å². The van der Waals surface area contributed by atoms with E-state index in [1.807, 2.05) is 18.7 Å². The van der Waals surface area contributed by atoms with Gasteiger partial charge in [-0.3, -0.25) is 4.68 Å². The van der Waals surface area contributed by atoms with E-state index in [9.17, 15) is 4.39 Å². The third-order valence-corrected chi connectivity index (χ3v) is 2.63. The van der Waals surface area contributed by atoms with Gasteiger partial charge in [0.2, 0.25) is 0 Å². The van der Waals surface area contributed by atoms with Crippen LogP contribution < -0.4 is 5.32 Å². The highest BCUT2D eigenvalue weighted by Crippen LogP contribution is 2.13. The summed E-state index contributed by atoms with van der Waals surface area (Å²) in [5.41, 5.74) is 3.14. The number of halogens is 2. The van der Waals surface area contributed by atoms with Crippen molar-refractivity contribution >= 4 is 18.1 Å². The van der Waals surface area contributed by atoms with Gasteiger partial charge < -0.3 is 5.32 Å². The number of nitrogens with zero attached hydrogens (tertiary/aromatic N) is 2. The number of anilines is 1. The molecule has 0 saturated carbocycles. The van der Waals surface area contributed by atoms with E-state index in [0.717, 1.165) is 16.9 Å². The molecule has 0 aliphatic rings. The van der Waals surface area contributed by atoms with Crippen LogP contribution in [0.25, 0.3) is 0 Å². The summed E-state index contributed by atoms with van der Waals surface area (Å²) in [5.74, 6) is -0.207. The molecule has 0 radical (unpaired) electrons. The van der Waals surface area contributed by atoms with E-state index in [0.29, 0.717) is 6.54 Å². The summed E-state index contributed by atoms with van der Waals surface area (Å²) < 4.78 is 14.5. The van der Waals surface area contributed by atoms with Crippen molar-refractivity contribution in [3.8, 4) is 0 Å². The van der Waals surface area contributed by atoms with Crippen molar-refractivity contribution in [3.63, 3.8) is 0 Å². The molecule has 0 amide bonds. The minimum Gasteiger partial charge on any atom is -0.378 e. The summed E-state index contributed by atoms with van der Waals surface area (Å²) in [6, 6.07) is 6.47. The Morgan fingerprint density at radius 2 is 1.94 bits per heavy atom. The standard InChI is InChI=1S/C12H14FN3.ClH/c1-9-12(8-15-16(9)2)14-7-10-3-5-11(13)6-4-10;/h3-6,8,14H,7H2,1-2H3;1H. The van der Waals surface area contributed by atoms with Gasteiger partial charge in [-0.25, -0.2) is 4.39 Å². The second-order valence-electron chi connectivity index (χ2n) is 3.75. The van der Waals surface area contributed by atoms with Gasteiger partial charge in [0.15, 0.2) is 0 Å². The zero-order valence-electron chi connectivity index (χ0n) is 9.77. The Bertz CT molecular complexity index is 479. The molecule has 0 bridgehead atoms. The zero-order valence-corrected chi connectivity index (χ0v) is 10.6. The first kappa shape index (κ1) is 13.5. The first-order valence-electron chi connectivity index (χ1n) is 5.14. The second kappa shape index (κ2) is 5.68. The molecule has 1 heterocycles. The van der Waals surface area contributed by atoms with Gasteiger partial charge in [-0.05, 0) is 24.6 Å². The Labute approximate surface area is 106 Å². The predicted octanol–water partition coefficient (Wildman–Crippen LogP) is 2.90. The maximum atomic E-state index is 12.7. The number of benzene rings is 1. The molecule has 0 saturated heterocycles. The van der Waals surface area contributed by atoms with Gasteiger partial charge in [0.05, 0.1) is 17.6 Å². The first-order chi connectivity index (χ1) is 7.66. The molecule has 1 aromatic heterocycles. The molecule has 0 fully saturated rings. The van der Waals surface area contributed by atoms with E-state index in [1.54, 1.807) is 18.3 Å². The topological polar surface area (TPSA) is 29.9 Å². The number of nitrogens with one attached hydrogen (secondary N) is 1. The highest BCUT2D eigenvalue weighted by molar-refractivity contribution is 5.85. The third-order valence-electron chi connectivity index (χ3n) is 2.63. The third kappa shape index (κ3) is 3.20. The summed E-state index contributed by atoms with van der Waals surface area (Å²) in [4.78, 5) is 0. The fraction of sp³-hybridized carbons (Fsp3) is 0.250. The second-order valence-corrected chi connectivity index (χ2v) is 3.75. The van der Waals surface area contributed by atoms with Crippen LogP contribution >= 0.6 is 12.4 Å². The highest BCUT2D eigenvalue weighted by atomic mass is 35.5. The molecule has 3 nitrogen and oxygen atoms in total. The molecule has 92 valence electrons. The average Bonchev–Trinajstić information content (AvgIpc) is 2.60. The zero-order chi connectivity index (χ0) is 11.5. The van der Waals surface area contributed by atoms with E-state index >= 15 is 0 Å². The van der Waals surface area contributed by atoms with Crippen LogP contribution in [-0.2, 0) is 13.6 Å². The molecule has 0 aliphatic carbocycles. The Morgan fingerprint density at radius 1 is 1.29 bits per heavy atom. The fourth-order valence-corrected chi connectivity index (χ4v) is 1.47. The molecule has 0 unspecified atom stereocenters. The lowest BCUT2D eigenvalue weighted by molar-refractivity contribution is 0.627. The molecule has 1 aromatic carbocycles. The lowest BCUT2D eigenvalue weighted by Gasteiger charge is -2.05. The summed E-state index contributed by atoms with van der Waals surface area (Å²) >= 11 is 0. The van der Waals surface area contributed by atoms with Gasteiger partial charge >= 0.3 is 0 Å². The molecule has 2 aromatic rings. The lowest BCUT2D eigenvalue weighted by atomic mass is 10.2. The monoisotopic (exact) mass is 255 g/mol. The smallest absolute Gasteiger partial charge is 0.123 e. The molecule has 17 heavy (non-hydrogen) atoms. The minimum absolute atomic E-state index is 0. The van der Waals surface area contributed by atoms with Crippen molar-refractivity contribution in [1.29, 1.82) is 0 Å². The number of hydrogen-bond donors (Lipinski definition) is 1. The van der Waals surface area contributed by atoms with Gasteiger partial charge in [0.25, 0.3) is 0 Å². The van der Waals surface area contributed by atoms with E-state index in [-0.39, 0.29) is 18.2 Å². The summed E-state index contributed by atoms with van der Waals surface area (Å²) in [6.07, 6.45) is 1.79. The highest BCUT2D eigenvalue weighted by Gasteiger charge is 2.02. The minimum atomic E-state index is -0.207. The van der Waals surface area contributed by atoms with E-state index in [1.165, 1.54) is 12.1 Å². The van der Waals surface area contributed by atoms with Crippen LogP contribution in [0.3, 0.4) is 0 Å². The Balaban J connectivity index is 0.00000144. The predicted molar refractivity (Wildman–Crippen MR) is 68.9 cm³/mol. The molecule has 0 aliphatic heterocycles. The van der Waals surface area contributed by atoms with E-state index < -0.39 is 0 Å². The molecule has 0 atom stereocenters. The van der Waals surface area contributed by atoms with Crippen LogP contribution in [0.5, 0.6) is 0 Å². The summed E-state index contributed by atoms with van der Waals surface area (Å²) in [7, 11) is 1.90. The Morgan fingerprint density at radius 3 is 2.47 bits per heavy atom. The van der Waals surface area contributed by atoms with Crippen LogP contribution in [0.2, 0.25) is 0 Å². The maximum Gasteiger partial charge on any atom is 0.123 e. The first-order valence-corrected chi connectivity index (χ1v) is 5.14. The van der Waals surface area contributed by atoms with Gasteiger partial charge in [-0.2, -0.15) is 5.10 Å². The average molecular weight is 256 g/mol. The maximum absolute atomic E-state index is 12.7. The molecular weight excluding hydrogens is 241 g/mol. The van der Waals surface area contributed by atoms with Crippen LogP contribution in [0.1, 0.15) is 11.3 Å². The largest absolute Gasteiger partial charge is 0.378 e. The SMILES string of the molecule is Cc1c(NCc2ccc(F)cc2)cnn1C.Cl. The fourth-order valence-electron chi connectivity index (χ4n) is 1.47. The van der Waals surface area contributed by atoms with Crippen LogP contribution in [0, 0.1) is 12.7 Å². The number of rotatable bonds is 3. The summed E-state index contributed by atoms with van der Waals surface area (Å²) in [6.45, 7) is 2.67. The molecule has 5 heteroatoms. The van der Waals surface area contributed by atoms with E-state index in [4.69, 9.17) is 0 Å². The van der Waals surface area contributed by atoms with Gasteiger partial charge in [0.1, 0.15) is 5.82 Å². The van der Waals surface area contributed by atoms with Crippen molar-refractivity contribution in [3.05, 3.63) is 47.5 Å². The number of hydrogen-bond acceptors (Lipinski definition) is 2. The molecule has 2 rings (SSSR count). The van der Waals surface area contributed by atoms with Crippen molar-refractivity contribution < 1.29 is 4.39 Å². The van der Waals surface area contributed by atoms with Crippen molar-refractivity contribution in [2.24, 2.45) is 7.05 Å². The normalized spacial score (nSPS) is 9.82. The van der Waals surface area contributed by atoms with Gasteiger partial charge in [-0.1, -0.05) is 12.1 Å². The van der Waals surface area contributed by atoms with E-state index in [2.05, 4.69) is 10.4 Å². The lowest BCUT2D eigenvalue weighted by Crippen LogP contribution is -2.01. The molecule has 0 spiro atoms. The Kier molecular flexibility index (Phi) is 4.52. The van der Waals surface area contributed by atoms with Crippen LogP contribution in [0.4, 0.5) is 10.1 Å². The number of aryl methyl sites for hydroxylation is 1. The molecular formula is C12H15ClFN3. The van der Waals surface area contributed by atoms with Crippen molar-refractivity contribution in [1.82, 2.24) is 9.78 Å².